The van der Waals surface area contributed by atoms with E-state index in [1.807, 2.05) is 97.1 Å². The predicted molar refractivity (Wildman–Crippen MR) is 237 cm³/mol. The third kappa shape index (κ3) is 9.18. The molecule has 0 spiro atoms. The van der Waals surface area contributed by atoms with Crippen molar-refractivity contribution in [3.05, 3.63) is 131 Å². The zero-order chi connectivity index (χ0) is 41.4. The Balaban J connectivity index is 1.21. The van der Waals surface area contributed by atoms with E-state index in [0.29, 0.717) is 58.5 Å². The first-order valence-corrected chi connectivity index (χ1v) is 21.4. The van der Waals surface area contributed by atoms with Crippen LogP contribution in [0.15, 0.2) is 109 Å². The second kappa shape index (κ2) is 19.1. The highest BCUT2D eigenvalue weighted by molar-refractivity contribution is 6.05. The van der Waals surface area contributed by atoms with Gasteiger partial charge in [-0.1, -0.05) is 61.4 Å². The average Bonchev–Trinajstić information content (AvgIpc) is 3.29. The van der Waals surface area contributed by atoms with Crippen LogP contribution in [0.25, 0.3) is 21.5 Å². The molecule has 9 nitrogen and oxygen atoms in total. The lowest BCUT2D eigenvalue weighted by Gasteiger charge is -2.28. The van der Waals surface area contributed by atoms with Crippen LogP contribution in [-0.4, -0.2) is 92.5 Å². The first-order chi connectivity index (χ1) is 29.4. The lowest BCUT2D eigenvalue weighted by molar-refractivity contribution is -0.120. The number of carbonyl (C=O) groups excluding carboxylic acids is 1. The number of piperidine rings is 2. The Morgan fingerprint density at radius 1 is 0.517 bits per heavy atom. The molecule has 9 heteroatoms. The van der Waals surface area contributed by atoms with Crippen molar-refractivity contribution in [1.82, 2.24) is 9.80 Å². The van der Waals surface area contributed by atoms with E-state index >= 15 is 4.79 Å². The van der Waals surface area contributed by atoms with Crippen LogP contribution in [0.3, 0.4) is 0 Å². The molecule has 0 aliphatic carbocycles. The smallest absolute Gasteiger partial charge is 0.156 e. The van der Waals surface area contributed by atoms with E-state index in [2.05, 4.69) is 9.80 Å². The van der Waals surface area contributed by atoms with Crippen LogP contribution in [0.1, 0.15) is 72.6 Å². The molecular weight excluding hydrogens is 753 g/mol. The molecule has 2 heterocycles. The number of phenols is 2. The summed E-state index contributed by atoms with van der Waals surface area (Å²) < 4.78 is 23.6. The lowest BCUT2D eigenvalue weighted by atomic mass is 9.74. The molecule has 2 aliphatic rings. The SMILES string of the molecule is COc1ccc2c(C(C(=O)C(c3ccc(OCCN4CCCCC4)cc3)c3c(O)ccc4cc(OC)ccc34)c3ccc(OCCN4CCCCC4)cc3)c(O)ccc2c1. The van der Waals surface area contributed by atoms with Crippen molar-refractivity contribution in [2.24, 2.45) is 0 Å². The maximum absolute atomic E-state index is 16.0. The summed E-state index contributed by atoms with van der Waals surface area (Å²) in [5, 5.41) is 26.8. The van der Waals surface area contributed by atoms with Gasteiger partial charge >= 0.3 is 0 Å². The Morgan fingerprint density at radius 2 is 0.900 bits per heavy atom. The first kappa shape index (κ1) is 41.0. The highest BCUT2D eigenvalue weighted by Crippen LogP contribution is 2.46. The minimum atomic E-state index is -0.956. The molecule has 0 radical (unpaired) electrons. The number of nitrogens with zero attached hydrogens (tertiary/aromatic N) is 2. The van der Waals surface area contributed by atoms with E-state index in [0.717, 1.165) is 60.8 Å². The number of ketones is 1. The van der Waals surface area contributed by atoms with Gasteiger partial charge in [0, 0.05) is 24.2 Å². The van der Waals surface area contributed by atoms with Crippen LogP contribution in [0.4, 0.5) is 0 Å². The number of fused-ring (bicyclic) bond motifs is 2. The molecule has 6 aromatic carbocycles. The molecule has 2 fully saturated rings. The third-order valence-electron chi connectivity index (χ3n) is 12.3. The largest absolute Gasteiger partial charge is 0.508 e. The highest BCUT2D eigenvalue weighted by atomic mass is 16.5. The van der Waals surface area contributed by atoms with Crippen molar-refractivity contribution in [2.75, 3.05) is 66.7 Å². The lowest BCUT2D eigenvalue weighted by Crippen LogP contribution is -2.33. The minimum absolute atomic E-state index is 0.00374. The van der Waals surface area contributed by atoms with Crippen LogP contribution in [0, 0.1) is 0 Å². The quantitative estimate of drug-likeness (QED) is 0.0990. The fraction of sp³-hybridized carbons (Fsp3) is 0.353. The van der Waals surface area contributed by atoms with Crippen LogP contribution < -0.4 is 18.9 Å². The number of phenolic OH excluding ortho intramolecular Hbond substituents is 2. The van der Waals surface area contributed by atoms with Gasteiger partial charge in [0.1, 0.15) is 47.7 Å². The zero-order valence-electron chi connectivity index (χ0n) is 34.8. The maximum atomic E-state index is 16.0. The number of benzene rings is 6. The Kier molecular flexibility index (Phi) is 13.0. The summed E-state index contributed by atoms with van der Waals surface area (Å²) in [5.41, 5.74) is 2.32. The molecule has 6 aromatic rings. The second-order valence-electron chi connectivity index (χ2n) is 16.1. The summed E-state index contributed by atoms with van der Waals surface area (Å²) in [6.07, 6.45) is 7.46. The number of methoxy groups -OCH3 is 2. The molecule has 0 saturated carbocycles. The van der Waals surface area contributed by atoms with E-state index in [9.17, 15) is 10.2 Å². The number of rotatable bonds is 16. The molecule has 2 atom stereocenters. The van der Waals surface area contributed by atoms with Gasteiger partial charge in [0.2, 0.25) is 0 Å². The number of ether oxygens (including phenoxy) is 4. The second-order valence-corrected chi connectivity index (χ2v) is 16.1. The first-order valence-electron chi connectivity index (χ1n) is 21.4. The van der Waals surface area contributed by atoms with Crippen LogP contribution in [0.2, 0.25) is 0 Å². The van der Waals surface area contributed by atoms with Gasteiger partial charge in [0.25, 0.3) is 0 Å². The number of hydrogen-bond acceptors (Lipinski definition) is 9. The number of hydrogen-bond donors (Lipinski definition) is 2. The van der Waals surface area contributed by atoms with Crippen molar-refractivity contribution >= 4 is 27.3 Å². The van der Waals surface area contributed by atoms with Crippen LogP contribution in [0.5, 0.6) is 34.5 Å². The van der Waals surface area contributed by atoms with Crippen LogP contribution in [-0.2, 0) is 4.79 Å². The number of aromatic hydroxyl groups is 2. The van der Waals surface area contributed by atoms with Gasteiger partial charge < -0.3 is 29.2 Å². The summed E-state index contributed by atoms with van der Waals surface area (Å²) in [6.45, 7) is 7.26. The number of likely N-dealkylation sites (tertiary alicyclic amines) is 2. The van der Waals surface area contributed by atoms with E-state index in [-0.39, 0.29) is 17.3 Å². The molecular formula is C51H56N2O7. The number of Topliss-reactive ketones (excluding diaryl/α,β-unsaturated/α-hetero) is 1. The fourth-order valence-electron chi connectivity index (χ4n) is 9.08. The van der Waals surface area contributed by atoms with Gasteiger partial charge in [-0.15, -0.1) is 0 Å². The molecule has 60 heavy (non-hydrogen) atoms. The molecule has 312 valence electrons. The predicted octanol–water partition coefficient (Wildman–Crippen LogP) is 9.68. The monoisotopic (exact) mass is 808 g/mol. The molecule has 0 aromatic heterocycles. The van der Waals surface area contributed by atoms with E-state index in [1.165, 1.54) is 38.5 Å². The van der Waals surface area contributed by atoms with E-state index < -0.39 is 11.8 Å². The topological polar surface area (TPSA) is 101 Å². The summed E-state index contributed by atoms with van der Waals surface area (Å²) in [6, 6.07) is 33.6. The third-order valence-corrected chi connectivity index (χ3v) is 12.3. The highest BCUT2D eigenvalue weighted by Gasteiger charge is 2.37. The Hall–Kier alpha value is -5.77. The van der Waals surface area contributed by atoms with Crippen molar-refractivity contribution in [1.29, 1.82) is 0 Å². The summed E-state index contributed by atoms with van der Waals surface area (Å²) >= 11 is 0. The fourth-order valence-corrected chi connectivity index (χ4v) is 9.08. The standard InChI is InChI=1S/C51H56N2O7/c1-57-41-19-21-43-37(33-41)13-23-45(54)49(43)47(35-9-15-39(16-10-35)59-31-29-52-25-5-3-6-26-52)51(56)48(50-44-22-20-42(58-2)34-38(44)14-24-46(50)55)36-11-17-40(18-12-36)60-32-30-53-27-7-4-8-28-53/h9-24,33-34,47-48,54-55H,3-8,25-32H2,1-2H3. The summed E-state index contributed by atoms with van der Waals surface area (Å²) in [4.78, 5) is 20.9. The number of carbonyl (C=O) groups is 1. The molecule has 2 aliphatic heterocycles. The normalized spacial score (nSPS) is 16.0. The van der Waals surface area contributed by atoms with Crippen molar-refractivity contribution < 1.29 is 34.0 Å². The Bertz CT molecular complexity index is 2220. The van der Waals surface area contributed by atoms with Crippen LogP contribution >= 0.6 is 0 Å². The Morgan fingerprint density at radius 3 is 1.28 bits per heavy atom. The molecule has 2 saturated heterocycles. The van der Waals surface area contributed by atoms with Gasteiger partial charge in [-0.3, -0.25) is 14.6 Å². The molecule has 8 rings (SSSR count). The van der Waals surface area contributed by atoms with Gasteiger partial charge in [0.05, 0.1) is 26.1 Å². The van der Waals surface area contributed by atoms with Crippen molar-refractivity contribution in [3.63, 3.8) is 0 Å². The summed E-state index contributed by atoms with van der Waals surface area (Å²) in [7, 11) is 3.24. The Labute approximate surface area is 353 Å². The maximum Gasteiger partial charge on any atom is 0.156 e. The van der Waals surface area contributed by atoms with Crippen molar-refractivity contribution in [2.45, 2.75) is 50.4 Å². The van der Waals surface area contributed by atoms with Gasteiger partial charge in [-0.05, 0) is 145 Å². The van der Waals surface area contributed by atoms with E-state index in [4.69, 9.17) is 18.9 Å². The van der Waals surface area contributed by atoms with Gasteiger partial charge in [-0.25, -0.2) is 0 Å². The molecule has 0 amide bonds. The van der Waals surface area contributed by atoms with E-state index in [1.54, 1.807) is 26.4 Å². The molecule has 0 bridgehead atoms. The van der Waals surface area contributed by atoms with Gasteiger partial charge in [0.15, 0.2) is 5.78 Å². The minimum Gasteiger partial charge on any atom is -0.508 e. The average molecular weight is 809 g/mol. The zero-order valence-corrected chi connectivity index (χ0v) is 34.8. The summed E-state index contributed by atoms with van der Waals surface area (Å²) in [5.74, 6) is 0.617. The molecule has 2 N–H and O–H groups in total. The van der Waals surface area contributed by atoms with Gasteiger partial charge in [-0.2, -0.15) is 0 Å². The molecule has 2 unspecified atom stereocenters. The van der Waals surface area contributed by atoms with Crippen molar-refractivity contribution in [3.8, 4) is 34.5 Å².